The minimum absolute atomic E-state index is 0.0689. The van der Waals surface area contributed by atoms with E-state index in [2.05, 4.69) is 0 Å². The van der Waals surface area contributed by atoms with Crippen LogP contribution in [-0.4, -0.2) is 0 Å². The van der Waals surface area contributed by atoms with Gasteiger partial charge in [0, 0.05) is 19.9 Å². The molecule has 2 rings (SSSR count). The van der Waals surface area contributed by atoms with Crippen molar-refractivity contribution in [1.82, 2.24) is 0 Å². The van der Waals surface area contributed by atoms with Gasteiger partial charge in [-0.2, -0.15) is 0 Å². The number of hydrogen-bond acceptors (Lipinski definition) is 0. The Bertz CT molecular complexity index is 903. The molecule has 0 atom stereocenters. The normalized spacial score (nSPS) is 17.0. The number of halogens is 1. The SMILES string of the molecule is [2H]C([2H])([2H])c1cc(C)c(-c2cc(C([2H])([2H])C(C)C)c(C([2H])(C)C)c[n+]2C)c(F)c1. The van der Waals surface area contributed by atoms with Gasteiger partial charge >= 0.3 is 0 Å². The van der Waals surface area contributed by atoms with E-state index in [-0.39, 0.29) is 17.0 Å². The predicted octanol–water partition coefficient (Wildman–Crippen LogP) is 5.26. The zero-order valence-electron chi connectivity index (χ0n) is 20.7. The smallest absolute Gasteiger partial charge is 0.206 e. The van der Waals surface area contributed by atoms with Gasteiger partial charge in [0.2, 0.25) is 5.69 Å². The van der Waals surface area contributed by atoms with Crippen LogP contribution < -0.4 is 4.57 Å². The van der Waals surface area contributed by atoms with Crippen molar-refractivity contribution >= 4 is 0 Å². The molecule has 0 radical (unpaired) electrons. The van der Waals surface area contributed by atoms with Crippen LogP contribution in [0.1, 0.15) is 64.1 Å². The quantitative estimate of drug-likeness (QED) is 0.677. The first-order valence-corrected chi connectivity index (χ1v) is 7.83. The Morgan fingerprint density at radius 1 is 1.26 bits per heavy atom. The molecular formula is C21H29FN+. The first kappa shape index (κ1) is 11.0. The number of benzene rings is 1. The van der Waals surface area contributed by atoms with E-state index < -0.39 is 24.9 Å². The molecule has 2 heteroatoms. The largest absolute Gasteiger partial charge is 0.215 e. The van der Waals surface area contributed by atoms with Crippen molar-refractivity contribution in [1.29, 1.82) is 0 Å². The Morgan fingerprint density at radius 3 is 2.48 bits per heavy atom. The molecule has 23 heavy (non-hydrogen) atoms. The summed E-state index contributed by atoms with van der Waals surface area (Å²) in [4.78, 5) is 0. The van der Waals surface area contributed by atoms with Gasteiger partial charge in [0.15, 0.2) is 6.20 Å². The van der Waals surface area contributed by atoms with Crippen LogP contribution in [0.25, 0.3) is 11.3 Å². The van der Waals surface area contributed by atoms with E-state index in [1.165, 1.54) is 6.07 Å². The van der Waals surface area contributed by atoms with Gasteiger partial charge in [-0.1, -0.05) is 33.8 Å². The van der Waals surface area contributed by atoms with Crippen molar-refractivity contribution in [3.63, 3.8) is 0 Å². The lowest BCUT2D eigenvalue weighted by Crippen LogP contribution is -2.33. The van der Waals surface area contributed by atoms with Gasteiger partial charge in [0.1, 0.15) is 12.9 Å². The van der Waals surface area contributed by atoms with Crippen LogP contribution in [0.5, 0.6) is 0 Å². The third-order valence-electron chi connectivity index (χ3n) is 3.80. The summed E-state index contributed by atoms with van der Waals surface area (Å²) in [7, 11) is 1.72. The molecule has 0 aliphatic rings. The number of rotatable bonds is 4. The maximum absolute atomic E-state index is 15.0. The van der Waals surface area contributed by atoms with E-state index in [1.54, 1.807) is 58.5 Å². The van der Waals surface area contributed by atoms with Gasteiger partial charge in [0.05, 0.1) is 5.56 Å². The van der Waals surface area contributed by atoms with Crippen LogP contribution >= 0.6 is 0 Å². The van der Waals surface area contributed by atoms with Crippen molar-refractivity contribution in [2.75, 3.05) is 0 Å². The summed E-state index contributed by atoms with van der Waals surface area (Å²) in [5, 5.41) is 0. The van der Waals surface area contributed by atoms with E-state index in [0.717, 1.165) is 6.07 Å². The summed E-state index contributed by atoms with van der Waals surface area (Å²) in [6.45, 7) is 6.16. The molecule has 0 aliphatic heterocycles. The predicted molar refractivity (Wildman–Crippen MR) is 95.1 cm³/mol. The monoisotopic (exact) mass is 320 g/mol. The van der Waals surface area contributed by atoms with Crippen LogP contribution in [0, 0.1) is 25.5 Å². The Balaban J connectivity index is 2.86. The van der Waals surface area contributed by atoms with Crippen LogP contribution in [0.2, 0.25) is 0 Å². The Labute approximate surface area is 148 Å². The number of aryl methyl sites for hydroxylation is 3. The van der Waals surface area contributed by atoms with Crippen molar-refractivity contribution in [2.45, 2.75) is 53.7 Å². The van der Waals surface area contributed by atoms with E-state index in [9.17, 15) is 0 Å². The zero-order valence-corrected chi connectivity index (χ0v) is 14.7. The molecule has 0 aliphatic carbocycles. The summed E-state index contributed by atoms with van der Waals surface area (Å²) in [5.41, 5.74) is 1.93. The van der Waals surface area contributed by atoms with Crippen molar-refractivity contribution in [3.8, 4) is 11.3 Å². The molecule has 0 N–H and O–H groups in total. The average Bonchev–Trinajstić information content (AvgIpc) is 2.53. The summed E-state index contributed by atoms with van der Waals surface area (Å²) >= 11 is 0. The molecule has 0 unspecified atom stereocenters. The van der Waals surface area contributed by atoms with E-state index in [1.807, 2.05) is 0 Å². The van der Waals surface area contributed by atoms with Crippen LogP contribution in [0.15, 0.2) is 24.4 Å². The number of hydrogen-bond donors (Lipinski definition) is 0. The molecule has 1 heterocycles. The van der Waals surface area contributed by atoms with E-state index >= 15 is 4.39 Å². The summed E-state index contributed by atoms with van der Waals surface area (Å²) in [6.07, 6.45) is -0.0475. The van der Waals surface area contributed by atoms with Gasteiger partial charge in [-0.15, -0.1) is 0 Å². The second-order valence-corrected chi connectivity index (χ2v) is 6.55. The molecule has 1 aromatic carbocycles. The summed E-state index contributed by atoms with van der Waals surface area (Å²) < 4.78 is 65.0. The number of pyridine rings is 1. The number of aromatic nitrogens is 1. The van der Waals surface area contributed by atoms with Crippen molar-refractivity contribution in [2.24, 2.45) is 13.0 Å². The van der Waals surface area contributed by atoms with Crippen LogP contribution in [0.4, 0.5) is 4.39 Å². The first-order valence-electron chi connectivity index (χ1n) is 10.8. The fourth-order valence-electron chi connectivity index (χ4n) is 2.79. The first-order chi connectivity index (χ1) is 13.0. The fraction of sp³-hybridized carbons (Fsp3) is 0.476. The van der Waals surface area contributed by atoms with Gasteiger partial charge < -0.3 is 0 Å². The molecule has 0 spiro atoms. The lowest BCUT2D eigenvalue weighted by atomic mass is 9.91. The molecule has 0 saturated heterocycles. The standard InChI is InChI=1S/C21H29FN/c1-13(2)8-17-11-20(23(7)12-18(17)14(3)4)21-16(6)9-15(5)10-19(21)22/h9-14H,8H2,1-7H3/q+1/i5D3,8D2,14D. The Morgan fingerprint density at radius 2 is 1.96 bits per heavy atom. The molecule has 0 amide bonds. The Hall–Kier alpha value is -1.70. The zero-order chi connectivity index (χ0) is 22.5. The molecular weight excluding hydrogens is 285 g/mol. The molecule has 124 valence electrons. The van der Waals surface area contributed by atoms with Crippen molar-refractivity contribution < 1.29 is 17.2 Å². The highest BCUT2D eigenvalue weighted by Crippen LogP contribution is 2.29. The highest BCUT2D eigenvalue weighted by Gasteiger charge is 2.22. The molecule has 0 saturated carbocycles. The topological polar surface area (TPSA) is 3.88 Å². The second-order valence-electron chi connectivity index (χ2n) is 6.55. The lowest BCUT2D eigenvalue weighted by Gasteiger charge is -2.16. The highest BCUT2D eigenvalue weighted by atomic mass is 19.1. The fourth-order valence-corrected chi connectivity index (χ4v) is 2.79. The highest BCUT2D eigenvalue weighted by molar-refractivity contribution is 5.63. The minimum Gasteiger partial charge on any atom is -0.206 e. The summed E-state index contributed by atoms with van der Waals surface area (Å²) in [5.74, 6) is -2.07. The number of nitrogens with zero attached hydrogens (tertiary/aromatic N) is 1. The third kappa shape index (κ3) is 3.80. The maximum atomic E-state index is 15.0. The minimum atomic E-state index is -2.41. The molecule has 1 aromatic heterocycles. The van der Waals surface area contributed by atoms with Gasteiger partial charge in [0.25, 0.3) is 0 Å². The lowest BCUT2D eigenvalue weighted by molar-refractivity contribution is -0.661. The van der Waals surface area contributed by atoms with Crippen LogP contribution in [-0.2, 0) is 13.4 Å². The van der Waals surface area contributed by atoms with Gasteiger partial charge in [-0.25, -0.2) is 8.96 Å². The molecule has 1 nitrogen and oxygen atoms in total. The molecule has 0 bridgehead atoms. The Kier molecular flexibility index (Phi) is 3.25. The van der Waals surface area contributed by atoms with E-state index in [0.29, 0.717) is 22.4 Å². The van der Waals surface area contributed by atoms with Gasteiger partial charge in [-0.3, -0.25) is 0 Å². The second kappa shape index (κ2) is 6.82. The van der Waals surface area contributed by atoms with Crippen molar-refractivity contribution in [3.05, 3.63) is 52.5 Å². The molecule has 0 fully saturated rings. The van der Waals surface area contributed by atoms with Crippen LogP contribution in [0.3, 0.4) is 0 Å². The van der Waals surface area contributed by atoms with E-state index in [4.69, 9.17) is 8.22 Å². The van der Waals surface area contributed by atoms with Gasteiger partial charge in [-0.05, 0) is 54.7 Å². The third-order valence-corrected chi connectivity index (χ3v) is 3.80. The summed E-state index contributed by atoms with van der Waals surface area (Å²) in [6, 6.07) is 4.07. The average molecular weight is 321 g/mol. The molecule has 2 aromatic rings. The maximum Gasteiger partial charge on any atom is 0.215 e.